The molecule has 2 aromatic carbocycles. The van der Waals surface area contributed by atoms with Crippen molar-refractivity contribution in [2.45, 2.75) is 0 Å². The fourth-order valence-corrected chi connectivity index (χ4v) is 3.73. The van der Waals surface area contributed by atoms with Gasteiger partial charge in [0, 0.05) is 32.9 Å². The average molecular weight is 471 g/mol. The Balaban J connectivity index is 1.78. The molecule has 0 fully saturated rings. The van der Waals surface area contributed by atoms with Crippen LogP contribution < -0.4 is 5.56 Å². The van der Waals surface area contributed by atoms with Gasteiger partial charge in [0.05, 0.1) is 6.20 Å². The van der Waals surface area contributed by atoms with Crippen molar-refractivity contribution in [1.82, 2.24) is 24.8 Å². The summed E-state index contributed by atoms with van der Waals surface area (Å²) in [6.45, 7) is 0. The molecule has 3 aromatic heterocycles. The van der Waals surface area contributed by atoms with E-state index in [1.165, 1.54) is 16.8 Å². The van der Waals surface area contributed by atoms with Crippen LogP contribution in [0.3, 0.4) is 0 Å². The van der Waals surface area contributed by atoms with E-state index in [-0.39, 0.29) is 11.4 Å². The van der Waals surface area contributed by atoms with Gasteiger partial charge in [-0.15, -0.1) is 10.2 Å². The molecule has 0 radical (unpaired) electrons. The summed E-state index contributed by atoms with van der Waals surface area (Å²) in [7, 11) is 0. The maximum absolute atomic E-state index is 13.3. The molecule has 0 bridgehead atoms. The summed E-state index contributed by atoms with van der Waals surface area (Å²) >= 11 is 12.2. The number of hydrogen-bond acceptors (Lipinski definition) is 6. The summed E-state index contributed by atoms with van der Waals surface area (Å²) in [6.07, 6.45) is 3.03. The second kappa shape index (κ2) is 8.43. The largest absolute Gasteiger partial charge is 0.301 e. The molecule has 0 unspecified atom stereocenters. The Morgan fingerprint density at radius 1 is 0.788 bits per heavy atom. The molecular formula is C24H12Cl2N6O. The summed E-state index contributed by atoms with van der Waals surface area (Å²) in [4.78, 5) is 17.3. The molecule has 5 rings (SSSR count). The van der Waals surface area contributed by atoms with Crippen LogP contribution in [-0.4, -0.2) is 24.8 Å². The van der Waals surface area contributed by atoms with Gasteiger partial charge >= 0.3 is 5.56 Å². The van der Waals surface area contributed by atoms with Crippen LogP contribution in [-0.2, 0) is 0 Å². The Morgan fingerprint density at radius 3 is 2.03 bits per heavy atom. The highest BCUT2D eigenvalue weighted by Crippen LogP contribution is 2.35. The van der Waals surface area contributed by atoms with Gasteiger partial charge in [0.2, 0.25) is 0 Å². The number of nitriles is 1. The third-order valence-corrected chi connectivity index (χ3v) is 5.58. The molecule has 5 aromatic rings. The molecule has 0 aliphatic heterocycles. The Labute approximate surface area is 197 Å². The summed E-state index contributed by atoms with van der Waals surface area (Å²) in [6, 6.07) is 19.6. The fraction of sp³-hybridized carbons (Fsp3) is 0. The van der Waals surface area contributed by atoms with Gasteiger partial charge in [-0.25, -0.2) is 4.98 Å². The van der Waals surface area contributed by atoms with Gasteiger partial charge in [-0.3, -0.25) is 4.79 Å². The quantitative estimate of drug-likeness (QED) is 0.365. The van der Waals surface area contributed by atoms with Crippen LogP contribution in [0.15, 0.2) is 77.9 Å². The van der Waals surface area contributed by atoms with Crippen molar-refractivity contribution < 1.29 is 0 Å². The zero-order valence-electron chi connectivity index (χ0n) is 16.8. The highest BCUT2D eigenvalue weighted by molar-refractivity contribution is 6.31. The number of halogens is 2. The lowest BCUT2D eigenvalue weighted by molar-refractivity contribution is 0.832. The van der Waals surface area contributed by atoms with Gasteiger partial charge < -0.3 is 0 Å². The number of hydrogen-bond donors (Lipinski definition) is 0. The molecule has 9 heteroatoms. The van der Waals surface area contributed by atoms with E-state index < -0.39 is 5.56 Å². The van der Waals surface area contributed by atoms with Gasteiger partial charge in [0.15, 0.2) is 11.3 Å². The van der Waals surface area contributed by atoms with Gasteiger partial charge in [0.25, 0.3) is 0 Å². The molecule has 7 nitrogen and oxygen atoms in total. The lowest BCUT2D eigenvalue weighted by atomic mass is 9.97. The maximum Gasteiger partial charge on any atom is 0.301 e. The van der Waals surface area contributed by atoms with E-state index in [0.717, 1.165) is 16.7 Å². The Morgan fingerprint density at radius 2 is 1.42 bits per heavy atom. The van der Waals surface area contributed by atoms with Crippen molar-refractivity contribution in [1.29, 1.82) is 5.26 Å². The van der Waals surface area contributed by atoms with E-state index in [1.807, 2.05) is 30.3 Å². The van der Waals surface area contributed by atoms with Crippen LogP contribution in [0, 0.1) is 11.3 Å². The van der Waals surface area contributed by atoms with Gasteiger partial charge in [-0.05, 0) is 47.5 Å². The third kappa shape index (κ3) is 3.82. The molecule has 0 aliphatic rings. The Bertz CT molecular complexity index is 1590. The molecule has 33 heavy (non-hydrogen) atoms. The molecule has 0 atom stereocenters. The second-order valence-corrected chi connectivity index (χ2v) is 7.95. The summed E-state index contributed by atoms with van der Waals surface area (Å²) < 4.78 is 1.21. The van der Waals surface area contributed by atoms with E-state index in [0.29, 0.717) is 26.8 Å². The molecule has 0 saturated carbocycles. The van der Waals surface area contributed by atoms with Crippen LogP contribution >= 0.6 is 23.2 Å². The minimum atomic E-state index is -0.454. The number of nitrogens with zero attached hydrogens (tertiary/aromatic N) is 6. The number of benzene rings is 2. The van der Waals surface area contributed by atoms with Gasteiger partial charge in [-0.2, -0.15) is 14.9 Å². The van der Waals surface area contributed by atoms with Crippen molar-refractivity contribution in [3.8, 4) is 39.6 Å². The summed E-state index contributed by atoms with van der Waals surface area (Å²) in [5.41, 5.74) is 3.69. The van der Waals surface area contributed by atoms with E-state index in [4.69, 9.17) is 28.5 Å². The Kier molecular flexibility index (Phi) is 5.31. The van der Waals surface area contributed by atoms with E-state index in [1.54, 1.807) is 36.5 Å². The number of fused-ring (bicyclic) bond motifs is 1. The van der Waals surface area contributed by atoms with Crippen LogP contribution in [0.2, 0.25) is 10.0 Å². The maximum atomic E-state index is 13.3. The lowest BCUT2D eigenvalue weighted by Crippen LogP contribution is -2.22. The SMILES string of the molecule is N#Cc1ccc(-c2nnc3c(-c4ccc(Cl)cc4)c(-c4ccc(Cl)cc4)cnn3c2=O)cn1. The highest BCUT2D eigenvalue weighted by atomic mass is 35.5. The zero-order chi connectivity index (χ0) is 22.9. The van der Waals surface area contributed by atoms with E-state index in [2.05, 4.69) is 20.3 Å². The standard InChI is InChI=1S/C24H12Cl2N6O/c25-17-6-1-14(2-7-17)20-13-29-32-23(21(20)15-3-8-18(26)9-4-15)31-30-22(24(32)33)16-5-10-19(11-27)28-12-16/h1-10,12-13H. The second-order valence-electron chi connectivity index (χ2n) is 7.08. The minimum absolute atomic E-state index is 0.0817. The summed E-state index contributed by atoms with van der Waals surface area (Å²) in [5, 5.41) is 23.1. The molecular weight excluding hydrogens is 459 g/mol. The fourth-order valence-electron chi connectivity index (χ4n) is 3.47. The molecule has 0 N–H and O–H groups in total. The molecule has 3 heterocycles. The predicted octanol–water partition coefficient (Wildman–Crippen LogP) is 5.06. The van der Waals surface area contributed by atoms with Crippen molar-refractivity contribution in [2.24, 2.45) is 0 Å². The molecule has 0 spiro atoms. The Hall–Kier alpha value is -4.12. The predicted molar refractivity (Wildman–Crippen MR) is 126 cm³/mol. The molecule has 0 aliphatic carbocycles. The first-order valence-electron chi connectivity index (χ1n) is 9.72. The first kappa shape index (κ1) is 20.8. The molecule has 0 saturated heterocycles. The normalized spacial score (nSPS) is 10.8. The van der Waals surface area contributed by atoms with E-state index >= 15 is 0 Å². The minimum Gasteiger partial charge on any atom is -0.265 e. The number of rotatable bonds is 3. The lowest BCUT2D eigenvalue weighted by Gasteiger charge is -2.13. The van der Waals surface area contributed by atoms with E-state index in [9.17, 15) is 4.79 Å². The zero-order valence-corrected chi connectivity index (χ0v) is 18.3. The van der Waals surface area contributed by atoms with Crippen LogP contribution in [0.1, 0.15) is 5.69 Å². The smallest absolute Gasteiger partial charge is 0.265 e. The van der Waals surface area contributed by atoms with Crippen LogP contribution in [0.4, 0.5) is 0 Å². The average Bonchev–Trinajstić information content (AvgIpc) is 2.85. The number of pyridine rings is 1. The van der Waals surface area contributed by atoms with Gasteiger partial charge in [0.1, 0.15) is 11.8 Å². The third-order valence-electron chi connectivity index (χ3n) is 5.08. The topological polar surface area (TPSA) is 96.8 Å². The van der Waals surface area contributed by atoms with Crippen molar-refractivity contribution >= 4 is 28.8 Å². The first-order chi connectivity index (χ1) is 16.0. The van der Waals surface area contributed by atoms with Crippen molar-refractivity contribution in [2.75, 3.05) is 0 Å². The van der Waals surface area contributed by atoms with Gasteiger partial charge in [-0.1, -0.05) is 47.5 Å². The van der Waals surface area contributed by atoms with Crippen LogP contribution in [0.25, 0.3) is 39.2 Å². The monoisotopic (exact) mass is 470 g/mol. The molecule has 158 valence electrons. The highest BCUT2D eigenvalue weighted by Gasteiger charge is 2.18. The van der Waals surface area contributed by atoms with Crippen LogP contribution in [0.5, 0.6) is 0 Å². The van der Waals surface area contributed by atoms with Crippen molar-refractivity contribution in [3.63, 3.8) is 0 Å². The number of aromatic nitrogens is 5. The van der Waals surface area contributed by atoms with Crippen molar-refractivity contribution in [3.05, 3.63) is 99.2 Å². The molecule has 0 amide bonds. The first-order valence-corrected chi connectivity index (χ1v) is 10.5. The summed E-state index contributed by atoms with van der Waals surface area (Å²) in [5.74, 6) is 0.